The van der Waals surface area contributed by atoms with Crippen LogP contribution in [-0.4, -0.2) is 77.1 Å². The monoisotopic (exact) mass is 397 g/mol. The lowest BCUT2D eigenvalue weighted by molar-refractivity contribution is -0.121. The molecule has 9 heteroatoms. The van der Waals surface area contributed by atoms with E-state index in [0.29, 0.717) is 38.5 Å². The molecule has 2 heterocycles. The molecule has 0 aromatic heterocycles. The lowest BCUT2D eigenvalue weighted by atomic mass is 9.97. The fraction of sp³-hybridized carbons (Fsp3) is 0.611. The first-order valence-electron chi connectivity index (χ1n) is 9.17. The Morgan fingerprint density at radius 3 is 2.67 bits per heavy atom. The van der Waals surface area contributed by atoms with Crippen molar-refractivity contribution < 1.29 is 22.7 Å². The summed E-state index contributed by atoms with van der Waals surface area (Å²) in [5, 5.41) is 2.87. The first-order valence-corrected chi connectivity index (χ1v) is 10.6. The van der Waals surface area contributed by atoms with Crippen LogP contribution in [0.3, 0.4) is 0 Å². The van der Waals surface area contributed by atoms with Gasteiger partial charge in [-0.2, -0.15) is 4.31 Å². The van der Waals surface area contributed by atoms with Gasteiger partial charge in [0.05, 0.1) is 26.2 Å². The lowest BCUT2D eigenvalue weighted by Crippen LogP contribution is -2.40. The first-order chi connectivity index (χ1) is 12.9. The summed E-state index contributed by atoms with van der Waals surface area (Å²) in [6, 6.07) is 4.73. The predicted molar refractivity (Wildman–Crippen MR) is 101 cm³/mol. The number of likely N-dealkylation sites (tertiary alicyclic amines) is 1. The molecule has 0 spiro atoms. The molecule has 1 N–H and O–H groups in total. The molecular weight excluding hydrogens is 370 g/mol. The largest absolute Gasteiger partial charge is 0.495 e. The maximum Gasteiger partial charge on any atom is 0.246 e. The van der Waals surface area contributed by atoms with Crippen molar-refractivity contribution in [3.63, 3.8) is 0 Å². The van der Waals surface area contributed by atoms with Crippen molar-refractivity contribution in [2.75, 3.05) is 58.9 Å². The highest BCUT2D eigenvalue weighted by Gasteiger charge is 2.30. The second kappa shape index (κ2) is 8.55. The van der Waals surface area contributed by atoms with Gasteiger partial charge in [-0.15, -0.1) is 0 Å². The van der Waals surface area contributed by atoms with E-state index in [1.54, 1.807) is 12.1 Å². The molecule has 2 aliphatic heterocycles. The predicted octanol–water partition coefficient (Wildman–Crippen LogP) is 0.996. The number of nitrogens with zero attached hydrogens (tertiary/aromatic N) is 2. The molecule has 0 bridgehead atoms. The molecule has 150 valence electrons. The topological polar surface area (TPSA) is 88.2 Å². The number of methoxy groups -OCH3 is 1. The second-order valence-corrected chi connectivity index (χ2v) is 8.88. The minimum Gasteiger partial charge on any atom is -0.495 e. The summed E-state index contributed by atoms with van der Waals surface area (Å²) >= 11 is 0. The van der Waals surface area contributed by atoms with Gasteiger partial charge in [-0.05, 0) is 44.6 Å². The number of hydrogen-bond donors (Lipinski definition) is 1. The van der Waals surface area contributed by atoms with Gasteiger partial charge < -0.3 is 19.7 Å². The minimum atomic E-state index is -3.73. The molecule has 2 fully saturated rings. The van der Waals surface area contributed by atoms with Gasteiger partial charge in [-0.3, -0.25) is 4.79 Å². The molecule has 2 saturated heterocycles. The Morgan fingerprint density at radius 1 is 1.26 bits per heavy atom. The van der Waals surface area contributed by atoms with Gasteiger partial charge in [0.15, 0.2) is 0 Å². The van der Waals surface area contributed by atoms with E-state index in [-0.39, 0.29) is 22.5 Å². The number of amides is 1. The third-order valence-corrected chi connectivity index (χ3v) is 6.93. The third kappa shape index (κ3) is 4.60. The number of sulfonamides is 1. The SMILES string of the molecule is COc1ccc(NC(=O)[C@H]2CCCN(C)C2)cc1S(=O)(=O)N1CCOCC1. The Bertz CT molecular complexity index is 777. The number of rotatable bonds is 5. The number of carbonyl (C=O) groups excluding carboxylic acids is 1. The van der Waals surface area contributed by atoms with Crippen LogP contribution in [0.1, 0.15) is 12.8 Å². The van der Waals surface area contributed by atoms with Crippen molar-refractivity contribution in [2.45, 2.75) is 17.7 Å². The molecule has 0 saturated carbocycles. The summed E-state index contributed by atoms with van der Waals surface area (Å²) in [6.45, 7) is 3.04. The molecular formula is C18H27N3O5S. The highest BCUT2D eigenvalue weighted by Crippen LogP contribution is 2.30. The fourth-order valence-electron chi connectivity index (χ4n) is 3.51. The van der Waals surface area contributed by atoms with Crippen LogP contribution in [0, 0.1) is 5.92 Å². The molecule has 1 aromatic rings. The Labute approximate surface area is 160 Å². The van der Waals surface area contributed by atoms with Gasteiger partial charge >= 0.3 is 0 Å². The van der Waals surface area contributed by atoms with Crippen LogP contribution in [0.4, 0.5) is 5.69 Å². The number of nitrogens with one attached hydrogen (secondary N) is 1. The maximum atomic E-state index is 13.0. The van der Waals surface area contributed by atoms with Crippen LogP contribution in [0.5, 0.6) is 5.75 Å². The maximum absolute atomic E-state index is 13.0. The van der Waals surface area contributed by atoms with Crippen molar-refractivity contribution in [2.24, 2.45) is 5.92 Å². The number of hydrogen-bond acceptors (Lipinski definition) is 6. The van der Waals surface area contributed by atoms with E-state index in [2.05, 4.69) is 10.2 Å². The van der Waals surface area contributed by atoms with E-state index >= 15 is 0 Å². The zero-order valence-electron chi connectivity index (χ0n) is 15.8. The highest BCUT2D eigenvalue weighted by molar-refractivity contribution is 7.89. The summed E-state index contributed by atoms with van der Waals surface area (Å²) in [7, 11) is -0.294. The van der Waals surface area contributed by atoms with E-state index in [1.165, 1.54) is 17.5 Å². The van der Waals surface area contributed by atoms with Crippen molar-refractivity contribution in [1.82, 2.24) is 9.21 Å². The quantitative estimate of drug-likeness (QED) is 0.797. The molecule has 0 aliphatic carbocycles. The van der Waals surface area contributed by atoms with Crippen LogP contribution in [0.25, 0.3) is 0 Å². The van der Waals surface area contributed by atoms with Crippen molar-refractivity contribution in [1.29, 1.82) is 0 Å². The van der Waals surface area contributed by atoms with Gasteiger partial charge in [0.2, 0.25) is 15.9 Å². The number of carbonyl (C=O) groups is 1. The van der Waals surface area contributed by atoms with E-state index in [1.807, 2.05) is 7.05 Å². The van der Waals surface area contributed by atoms with Crippen molar-refractivity contribution >= 4 is 21.6 Å². The van der Waals surface area contributed by atoms with Crippen LogP contribution < -0.4 is 10.1 Å². The molecule has 0 radical (unpaired) electrons. The number of benzene rings is 1. The van der Waals surface area contributed by atoms with E-state index in [0.717, 1.165) is 19.4 Å². The molecule has 1 atom stereocenters. The zero-order chi connectivity index (χ0) is 19.4. The normalized spacial score (nSPS) is 22.4. The molecule has 1 aromatic carbocycles. The summed E-state index contributed by atoms with van der Waals surface area (Å²) in [6.07, 6.45) is 1.82. The van der Waals surface area contributed by atoms with Crippen LogP contribution in [0.2, 0.25) is 0 Å². The summed E-state index contributed by atoms with van der Waals surface area (Å²) in [5.74, 6) is 0.0866. The summed E-state index contributed by atoms with van der Waals surface area (Å²) in [5.41, 5.74) is 0.459. The van der Waals surface area contributed by atoms with Gasteiger partial charge in [-0.25, -0.2) is 8.42 Å². The highest BCUT2D eigenvalue weighted by atomic mass is 32.2. The van der Waals surface area contributed by atoms with Crippen molar-refractivity contribution in [3.8, 4) is 5.75 Å². The Hall–Kier alpha value is -1.68. The van der Waals surface area contributed by atoms with Gasteiger partial charge in [0, 0.05) is 25.3 Å². The smallest absolute Gasteiger partial charge is 0.246 e. The Morgan fingerprint density at radius 2 is 2.00 bits per heavy atom. The van der Waals surface area contributed by atoms with Gasteiger partial charge in [0.1, 0.15) is 10.6 Å². The standard InChI is InChI=1S/C18H27N3O5S/c1-20-7-3-4-14(13-20)18(22)19-15-5-6-16(25-2)17(12-15)27(23,24)21-8-10-26-11-9-21/h5-6,12,14H,3-4,7-11,13H2,1-2H3,(H,19,22)/t14-/m0/s1. The van der Waals surface area contributed by atoms with Gasteiger partial charge in [0.25, 0.3) is 0 Å². The lowest BCUT2D eigenvalue weighted by Gasteiger charge is -2.29. The number of piperidine rings is 1. The molecule has 8 nitrogen and oxygen atoms in total. The Kier molecular flexibility index (Phi) is 6.36. The number of morpholine rings is 1. The fourth-order valence-corrected chi connectivity index (χ4v) is 5.10. The average Bonchev–Trinajstić information content (AvgIpc) is 2.68. The van der Waals surface area contributed by atoms with Crippen LogP contribution in [0.15, 0.2) is 23.1 Å². The first kappa shape index (κ1) is 20.1. The molecule has 3 rings (SSSR count). The number of anilines is 1. The number of ether oxygens (including phenoxy) is 2. The summed E-state index contributed by atoms with van der Waals surface area (Å²) in [4.78, 5) is 14.8. The van der Waals surface area contributed by atoms with Crippen LogP contribution >= 0.6 is 0 Å². The van der Waals surface area contributed by atoms with Crippen LogP contribution in [-0.2, 0) is 19.6 Å². The third-order valence-electron chi connectivity index (χ3n) is 5.01. The van der Waals surface area contributed by atoms with Crippen molar-refractivity contribution in [3.05, 3.63) is 18.2 Å². The Balaban J connectivity index is 1.81. The second-order valence-electron chi connectivity index (χ2n) is 6.97. The molecule has 0 unspecified atom stereocenters. The van der Waals surface area contributed by atoms with Gasteiger partial charge in [-0.1, -0.05) is 0 Å². The minimum absolute atomic E-state index is 0.0606. The average molecular weight is 397 g/mol. The molecule has 2 aliphatic rings. The van der Waals surface area contributed by atoms with E-state index in [4.69, 9.17) is 9.47 Å². The molecule has 27 heavy (non-hydrogen) atoms. The van der Waals surface area contributed by atoms with E-state index in [9.17, 15) is 13.2 Å². The summed E-state index contributed by atoms with van der Waals surface area (Å²) < 4.78 is 37.9. The zero-order valence-corrected chi connectivity index (χ0v) is 16.6. The van der Waals surface area contributed by atoms with E-state index < -0.39 is 10.0 Å². The molecule has 1 amide bonds.